The van der Waals surface area contributed by atoms with E-state index in [9.17, 15) is 0 Å². The van der Waals surface area contributed by atoms with Gasteiger partial charge in [-0.05, 0) is 54.4 Å². The first-order valence-corrected chi connectivity index (χ1v) is 8.97. The SMILES string of the molecule is Cn1ccnc1C(NC1C2C3CCC(C3)C12)c1cccs1. The number of thiophene rings is 1. The minimum absolute atomic E-state index is 0.264. The van der Waals surface area contributed by atoms with Gasteiger partial charge in [0, 0.05) is 30.4 Å². The van der Waals surface area contributed by atoms with Gasteiger partial charge in [-0.3, -0.25) is 5.32 Å². The predicted molar refractivity (Wildman–Crippen MR) is 84.1 cm³/mol. The number of aryl methyl sites for hydroxylation is 1. The summed E-state index contributed by atoms with van der Waals surface area (Å²) in [5.74, 6) is 5.11. The average Bonchev–Trinajstić information content (AvgIpc) is 3.06. The lowest BCUT2D eigenvalue weighted by Crippen LogP contribution is -2.30. The topological polar surface area (TPSA) is 29.9 Å². The van der Waals surface area contributed by atoms with Crippen molar-refractivity contribution in [2.45, 2.75) is 31.3 Å². The molecule has 5 atom stereocenters. The number of imidazole rings is 1. The Morgan fingerprint density at radius 1 is 1.33 bits per heavy atom. The molecule has 2 aromatic rings. The van der Waals surface area contributed by atoms with Gasteiger partial charge in [-0.25, -0.2) is 4.98 Å². The van der Waals surface area contributed by atoms with Crippen LogP contribution in [0.4, 0.5) is 0 Å². The zero-order valence-electron chi connectivity index (χ0n) is 12.3. The third-order valence-electron chi connectivity index (χ3n) is 6.04. The Balaban J connectivity index is 1.43. The van der Waals surface area contributed by atoms with Gasteiger partial charge in [0.25, 0.3) is 0 Å². The molecule has 5 unspecified atom stereocenters. The molecule has 5 rings (SSSR count). The standard InChI is InChI=1S/C17H21N3S/c1-20-7-6-18-17(20)15(12-3-2-8-21-12)19-16-13-10-4-5-11(9-10)14(13)16/h2-3,6-8,10-11,13-16,19H,4-5,9H2,1H3. The number of nitrogens with zero attached hydrogens (tertiary/aromatic N) is 2. The van der Waals surface area contributed by atoms with Crippen LogP contribution in [0.1, 0.15) is 36.0 Å². The Kier molecular flexibility index (Phi) is 2.62. The van der Waals surface area contributed by atoms with E-state index in [1.807, 2.05) is 17.5 Å². The van der Waals surface area contributed by atoms with E-state index in [-0.39, 0.29) is 6.04 Å². The van der Waals surface area contributed by atoms with E-state index in [4.69, 9.17) is 0 Å². The zero-order chi connectivity index (χ0) is 14.0. The van der Waals surface area contributed by atoms with Crippen LogP contribution in [0.3, 0.4) is 0 Å². The molecular weight excluding hydrogens is 278 g/mol. The molecule has 2 bridgehead atoms. The lowest BCUT2D eigenvalue weighted by atomic mass is 10.0. The van der Waals surface area contributed by atoms with Crippen molar-refractivity contribution in [1.82, 2.24) is 14.9 Å². The average molecular weight is 299 g/mol. The maximum Gasteiger partial charge on any atom is 0.131 e. The fourth-order valence-electron chi connectivity index (χ4n) is 5.14. The highest BCUT2D eigenvalue weighted by atomic mass is 32.1. The second-order valence-electron chi connectivity index (χ2n) is 7.03. The van der Waals surface area contributed by atoms with Crippen molar-refractivity contribution in [3.8, 4) is 0 Å². The van der Waals surface area contributed by atoms with Crippen LogP contribution in [0.2, 0.25) is 0 Å². The van der Waals surface area contributed by atoms with Crippen molar-refractivity contribution in [3.05, 3.63) is 40.6 Å². The maximum absolute atomic E-state index is 4.61. The molecule has 0 spiro atoms. The fraction of sp³-hybridized carbons (Fsp3) is 0.588. The van der Waals surface area contributed by atoms with Gasteiger partial charge in [-0.15, -0.1) is 11.3 Å². The molecule has 21 heavy (non-hydrogen) atoms. The maximum atomic E-state index is 4.61. The number of hydrogen-bond acceptors (Lipinski definition) is 3. The van der Waals surface area contributed by atoms with E-state index in [1.54, 1.807) is 0 Å². The van der Waals surface area contributed by atoms with E-state index < -0.39 is 0 Å². The third kappa shape index (κ3) is 1.78. The van der Waals surface area contributed by atoms with Crippen molar-refractivity contribution in [3.63, 3.8) is 0 Å². The van der Waals surface area contributed by atoms with Gasteiger partial charge < -0.3 is 4.57 Å². The highest BCUT2D eigenvalue weighted by Crippen LogP contribution is 2.66. The molecule has 0 saturated heterocycles. The molecule has 110 valence electrons. The quantitative estimate of drug-likeness (QED) is 0.939. The number of nitrogens with one attached hydrogen (secondary N) is 1. The molecule has 2 heterocycles. The predicted octanol–water partition coefficient (Wildman–Crippen LogP) is 3.21. The van der Waals surface area contributed by atoms with Gasteiger partial charge in [0.1, 0.15) is 11.9 Å². The lowest BCUT2D eigenvalue weighted by molar-refractivity contribution is 0.434. The van der Waals surface area contributed by atoms with E-state index >= 15 is 0 Å². The Bertz CT molecular complexity index is 631. The normalized spacial score (nSPS) is 37.7. The number of rotatable bonds is 4. The molecule has 1 N–H and O–H groups in total. The number of fused-ring (bicyclic) bond motifs is 5. The van der Waals surface area contributed by atoms with E-state index in [0.717, 1.165) is 35.5 Å². The zero-order valence-corrected chi connectivity index (χ0v) is 13.1. The van der Waals surface area contributed by atoms with Gasteiger partial charge in [-0.2, -0.15) is 0 Å². The summed E-state index contributed by atoms with van der Waals surface area (Å²) in [4.78, 5) is 6.00. The molecule has 4 heteroatoms. The van der Waals surface area contributed by atoms with Crippen LogP contribution in [0, 0.1) is 23.7 Å². The monoisotopic (exact) mass is 299 g/mol. The first-order chi connectivity index (χ1) is 10.3. The first kappa shape index (κ1) is 12.4. The lowest BCUT2D eigenvalue weighted by Gasteiger charge is -2.20. The molecule has 3 nitrogen and oxygen atoms in total. The summed E-state index contributed by atoms with van der Waals surface area (Å²) >= 11 is 1.84. The molecule has 3 fully saturated rings. The minimum atomic E-state index is 0.264. The smallest absolute Gasteiger partial charge is 0.131 e. The van der Waals surface area contributed by atoms with Crippen LogP contribution in [0.25, 0.3) is 0 Å². The van der Waals surface area contributed by atoms with Crippen molar-refractivity contribution in [1.29, 1.82) is 0 Å². The van der Waals surface area contributed by atoms with Crippen LogP contribution in [0.15, 0.2) is 29.9 Å². The summed E-state index contributed by atoms with van der Waals surface area (Å²) in [6, 6.07) is 5.39. The molecule has 0 aliphatic heterocycles. The third-order valence-corrected chi connectivity index (χ3v) is 6.98. The summed E-state index contributed by atoms with van der Waals surface area (Å²) in [5, 5.41) is 6.14. The van der Waals surface area contributed by atoms with Gasteiger partial charge in [0.15, 0.2) is 0 Å². The number of hydrogen-bond donors (Lipinski definition) is 1. The van der Waals surface area contributed by atoms with Gasteiger partial charge in [-0.1, -0.05) is 6.07 Å². The Morgan fingerprint density at radius 3 is 2.76 bits per heavy atom. The molecule has 0 amide bonds. The van der Waals surface area contributed by atoms with Crippen LogP contribution in [0.5, 0.6) is 0 Å². The molecule has 3 saturated carbocycles. The molecular formula is C17H21N3S. The molecule has 3 aliphatic rings. The highest BCUT2D eigenvalue weighted by Gasteiger charge is 2.65. The minimum Gasteiger partial charge on any atom is -0.336 e. The van der Waals surface area contributed by atoms with Crippen LogP contribution in [-0.4, -0.2) is 15.6 Å². The summed E-state index contributed by atoms with van der Waals surface area (Å²) in [5.41, 5.74) is 0. The fourth-order valence-corrected chi connectivity index (χ4v) is 5.92. The second kappa shape index (κ2) is 4.43. The first-order valence-electron chi connectivity index (χ1n) is 8.09. The van der Waals surface area contributed by atoms with Crippen LogP contribution in [-0.2, 0) is 7.05 Å². The Hall–Kier alpha value is -1.13. The number of aromatic nitrogens is 2. The summed E-state index contributed by atoms with van der Waals surface area (Å²) in [6.07, 6.45) is 8.44. The van der Waals surface area contributed by atoms with Crippen molar-refractivity contribution in [2.24, 2.45) is 30.7 Å². The summed E-state index contributed by atoms with van der Waals surface area (Å²) in [7, 11) is 2.10. The molecule has 0 radical (unpaired) electrons. The largest absolute Gasteiger partial charge is 0.336 e. The van der Waals surface area contributed by atoms with Gasteiger partial charge in [0.2, 0.25) is 0 Å². The van der Waals surface area contributed by atoms with Crippen molar-refractivity contribution in [2.75, 3.05) is 0 Å². The summed E-state index contributed by atoms with van der Waals surface area (Å²) in [6.45, 7) is 0. The van der Waals surface area contributed by atoms with Crippen LogP contribution >= 0.6 is 11.3 Å². The van der Waals surface area contributed by atoms with E-state index in [0.29, 0.717) is 0 Å². The Labute approximate surface area is 129 Å². The molecule has 2 aromatic heterocycles. The van der Waals surface area contributed by atoms with E-state index in [1.165, 1.54) is 24.1 Å². The van der Waals surface area contributed by atoms with Crippen LogP contribution < -0.4 is 5.32 Å². The van der Waals surface area contributed by atoms with E-state index in [2.05, 4.69) is 45.6 Å². The van der Waals surface area contributed by atoms with Crippen molar-refractivity contribution >= 4 is 11.3 Å². The molecule has 3 aliphatic carbocycles. The second-order valence-corrected chi connectivity index (χ2v) is 8.00. The van der Waals surface area contributed by atoms with Crippen molar-refractivity contribution < 1.29 is 0 Å². The highest BCUT2D eigenvalue weighted by molar-refractivity contribution is 7.10. The molecule has 0 aromatic carbocycles. The van der Waals surface area contributed by atoms with Gasteiger partial charge >= 0.3 is 0 Å². The van der Waals surface area contributed by atoms with Gasteiger partial charge in [0.05, 0.1) is 0 Å². The Morgan fingerprint density at radius 2 is 2.14 bits per heavy atom. The summed E-state index contributed by atoms with van der Waals surface area (Å²) < 4.78 is 2.16.